The fourth-order valence-corrected chi connectivity index (χ4v) is 3.45. The summed E-state index contributed by atoms with van der Waals surface area (Å²) in [7, 11) is 0. The number of aromatic nitrogens is 2. The molecule has 0 bridgehead atoms. The maximum absolute atomic E-state index is 13.9. The lowest BCUT2D eigenvalue weighted by atomic mass is 9.67. The number of alkyl halides is 1. The van der Waals surface area contributed by atoms with Crippen molar-refractivity contribution >= 4 is 22.6 Å². The van der Waals surface area contributed by atoms with E-state index in [1.807, 2.05) is 4.57 Å². The summed E-state index contributed by atoms with van der Waals surface area (Å²) in [4.78, 5) is 4.36. The van der Waals surface area contributed by atoms with Gasteiger partial charge < -0.3 is 4.57 Å². The third-order valence-electron chi connectivity index (χ3n) is 4.83. The van der Waals surface area contributed by atoms with E-state index in [-0.39, 0.29) is 10.9 Å². The number of hydrogen-bond donors (Lipinski definition) is 0. The molecule has 3 rings (SSSR count). The predicted molar refractivity (Wildman–Crippen MR) is 80.6 cm³/mol. The van der Waals surface area contributed by atoms with Gasteiger partial charge in [0, 0.05) is 24.9 Å². The van der Waals surface area contributed by atoms with Crippen LogP contribution in [0.2, 0.25) is 0 Å². The molecule has 0 saturated heterocycles. The average molecular weight is 313 g/mol. The second kappa shape index (κ2) is 5.56. The van der Waals surface area contributed by atoms with Crippen LogP contribution < -0.4 is 0 Å². The first-order chi connectivity index (χ1) is 10.1. The fraction of sp³-hybridized carbons (Fsp3) is 0.562. The lowest BCUT2D eigenvalue weighted by Crippen LogP contribution is -2.34. The summed E-state index contributed by atoms with van der Waals surface area (Å²) < 4.78 is 29.5. The molecule has 1 aromatic carbocycles. The molecular formula is C16H19ClF2N2. The number of benzene rings is 1. The Labute approximate surface area is 128 Å². The van der Waals surface area contributed by atoms with Gasteiger partial charge in [0.25, 0.3) is 0 Å². The summed E-state index contributed by atoms with van der Waals surface area (Å²) in [6, 6.07) is 2.27. The highest BCUT2D eigenvalue weighted by atomic mass is 35.5. The molecule has 21 heavy (non-hydrogen) atoms. The Morgan fingerprint density at radius 2 is 2.10 bits per heavy atom. The SMILES string of the molecule is CCC1(Cn2c(CCCl)nc3c(F)cc(F)cc32)CCC1. The van der Waals surface area contributed by atoms with Crippen molar-refractivity contribution in [3.63, 3.8) is 0 Å². The van der Waals surface area contributed by atoms with E-state index in [9.17, 15) is 8.78 Å². The summed E-state index contributed by atoms with van der Waals surface area (Å²) in [5.41, 5.74) is 1.05. The number of fused-ring (bicyclic) bond motifs is 1. The van der Waals surface area contributed by atoms with Gasteiger partial charge in [-0.1, -0.05) is 13.3 Å². The largest absolute Gasteiger partial charge is 0.327 e. The highest BCUT2D eigenvalue weighted by Gasteiger charge is 2.36. The van der Waals surface area contributed by atoms with Crippen molar-refractivity contribution in [1.82, 2.24) is 9.55 Å². The molecule has 1 aliphatic rings. The molecule has 0 N–H and O–H groups in total. The van der Waals surface area contributed by atoms with E-state index in [2.05, 4.69) is 11.9 Å². The minimum absolute atomic E-state index is 0.248. The molecule has 0 amide bonds. The predicted octanol–water partition coefficient (Wildman–Crippen LogP) is 4.68. The smallest absolute Gasteiger partial charge is 0.153 e. The maximum atomic E-state index is 13.9. The van der Waals surface area contributed by atoms with Crippen LogP contribution >= 0.6 is 11.6 Å². The molecular weight excluding hydrogens is 294 g/mol. The highest BCUT2D eigenvalue weighted by molar-refractivity contribution is 6.17. The Hall–Kier alpha value is -1.16. The Kier molecular flexibility index (Phi) is 3.91. The van der Waals surface area contributed by atoms with E-state index in [4.69, 9.17) is 11.6 Å². The van der Waals surface area contributed by atoms with Gasteiger partial charge in [0.1, 0.15) is 17.2 Å². The number of rotatable bonds is 5. The molecule has 5 heteroatoms. The lowest BCUT2D eigenvalue weighted by Gasteiger charge is -2.42. The monoisotopic (exact) mass is 312 g/mol. The van der Waals surface area contributed by atoms with Gasteiger partial charge in [-0.15, -0.1) is 11.6 Å². The first-order valence-corrected chi connectivity index (χ1v) is 8.02. The number of imidazole rings is 1. The molecule has 1 fully saturated rings. The van der Waals surface area contributed by atoms with Gasteiger partial charge in [-0.2, -0.15) is 0 Å². The van der Waals surface area contributed by atoms with Crippen molar-refractivity contribution in [3.05, 3.63) is 29.6 Å². The minimum Gasteiger partial charge on any atom is -0.327 e. The Balaban J connectivity index is 2.11. The van der Waals surface area contributed by atoms with E-state index in [0.717, 1.165) is 24.9 Å². The highest BCUT2D eigenvalue weighted by Crippen LogP contribution is 2.46. The van der Waals surface area contributed by atoms with E-state index in [1.165, 1.54) is 25.3 Å². The second-order valence-electron chi connectivity index (χ2n) is 6.02. The van der Waals surface area contributed by atoms with Gasteiger partial charge in [-0.25, -0.2) is 13.8 Å². The van der Waals surface area contributed by atoms with Crippen LogP contribution in [-0.2, 0) is 13.0 Å². The van der Waals surface area contributed by atoms with Crippen molar-refractivity contribution in [2.75, 3.05) is 5.88 Å². The van der Waals surface area contributed by atoms with Crippen LogP contribution in [0.25, 0.3) is 11.0 Å². The fourth-order valence-electron chi connectivity index (χ4n) is 3.28. The van der Waals surface area contributed by atoms with Crippen LogP contribution in [0.1, 0.15) is 38.4 Å². The average Bonchev–Trinajstić information content (AvgIpc) is 2.73. The molecule has 0 radical (unpaired) electrons. The van der Waals surface area contributed by atoms with Gasteiger partial charge in [0.05, 0.1) is 5.52 Å². The van der Waals surface area contributed by atoms with Gasteiger partial charge in [0.15, 0.2) is 5.82 Å². The number of hydrogen-bond acceptors (Lipinski definition) is 1. The van der Waals surface area contributed by atoms with Crippen LogP contribution in [-0.4, -0.2) is 15.4 Å². The molecule has 1 aromatic heterocycles. The summed E-state index contributed by atoms with van der Waals surface area (Å²) in [6.07, 6.45) is 5.21. The number of aryl methyl sites for hydroxylation is 1. The quantitative estimate of drug-likeness (QED) is 0.733. The van der Waals surface area contributed by atoms with Crippen LogP contribution in [0.4, 0.5) is 8.78 Å². The van der Waals surface area contributed by atoms with Crippen molar-refractivity contribution < 1.29 is 8.78 Å². The van der Waals surface area contributed by atoms with Crippen molar-refractivity contribution in [2.45, 2.75) is 45.6 Å². The van der Waals surface area contributed by atoms with E-state index < -0.39 is 11.6 Å². The van der Waals surface area contributed by atoms with Gasteiger partial charge in [-0.05, 0) is 30.7 Å². The van der Waals surface area contributed by atoms with Crippen LogP contribution in [0.3, 0.4) is 0 Å². The maximum Gasteiger partial charge on any atom is 0.153 e. The first kappa shape index (κ1) is 14.8. The zero-order valence-electron chi connectivity index (χ0n) is 12.1. The van der Waals surface area contributed by atoms with Gasteiger partial charge in [-0.3, -0.25) is 0 Å². The minimum atomic E-state index is -0.598. The summed E-state index contributed by atoms with van der Waals surface area (Å²) >= 11 is 5.84. The summed E-state index contributed by atoms with van der Waals surface area (Å²) in [5, 5.41) is 0. The third-order valence-corrected chi connectivity index (χ3v) is 5.02. The number of halogens is 3. The van der Waals surface area contributed by atoms with Gasteiger partial charge in [0.2, 0.25) is 0 Å². The van der Waals surface area contributed by atoms with Crippen LogP contribution in [0.5, 0.6) is 0 Å². The molecule has 2 aromatic rings. The molecule has 0 aliphatic heterocycles. The van der Waals surface area contributed by atoms with Crippen molar-refractivity contribution in [3.8, 4) is 0 Å². The Morgan fingerprint density at radius 3 is 2.67 bits per heavy atom. The van der Waals surface area contributed by atoms with E-state index in [0.29, 0.717) is 17.8 Å². The van der Waals surface area contributed by atoms with Crippen LogP contribution in [0.15, 0.2) is 12.1 Å². The molecule has 0 spiro atoms. The molecule has 1 saturated carbocycles. The molecule has 1 heterocycles. The standard InChI is InChI=1S/C16H19ClF2N2/c1-2-16(5-3-6-16)10-21-13-9-11(18)8-12(19)15(13)20-14(21)4-7-17/h8-9H,2-7,10H2,1H3. The van der Waals surface area contributed by atoms with Crippen molar-refractivity contribution in [2.24, 2.45) is 5.41 Å². The zero-order valence-corrected chi connectivity index (χ0v) is 12.9. The lowest BCUT2D eigenvalue weighted by molar-refractivity contribution is 0.101. The molecule has 0 atom stereocenters. The summed E-state index contributed by atoms with van der Waals surface area (Å²) in [6.45, 7) is 2.95. The van der Waals surface area contributed by atoms with Gasteiger partial charge >= 0.3 is 0 Å². The van der Waals surface area contributed by atoms with Crippen molar-refractivity contribution in [1.29, 1.82) is 0 Å². The van der Waals surface area contributed by atoms with E-state index in [1.54, 1.807) is 0 Å². The molecule has 2 nitrogen and oxygen atoms in total. The molecule has 1 aliphatic carbocycles. The topological polar surface area (TPSA) is 17.8 Å². The first-order valence-electron chi connectivity index (χ1n) is 7.49. The summed E-state index contributed by atoms with van der Waals surface area (Å²) in [5.74, 6) is 0.0210. The second-order valence-corrected chi connectivity index (χ2v) is 6.39. The third kappa shape index (κ3) is 2.54. The molecule has 0 unspecified atom stereocenters. The number of nitrogens with zero attached hydrogens (tertiary/aromatic N) is 2. The van der Waals surface area contributed by atoms with Crippen LogP contribution in [0, 0.1) is 17.0 Å². The Bertz CT molecular complexity index is 656. The van der Waals surface area contributed by atoms with E-state index >= 15 is 0 Å². The zero-order chi connectivity index (χ0) is 15.0. The molecule has 114 valence electrons. The normalized spacial score (nSPS) is 17.1. The Morgan fingerprint density at radius 1 is 1.33 bits per heavy atom.